The van der Waals surface area contributed by atoms with E-state index in [4.69, 9.17) is 0 Å². The fourth-order valence-corrected chi connectivity index (χ4v) is 1.39. The molecule has 0 spiro atoms. The van der Waals surface area contributed by atoms with E-state index in [1.54, 1.807) is 13.2 Å². The molecule has 0 bridgehead atoms. The molecule has 13 heavy (non-hydrogen) atoms. The van der Waals surface area contributed by atoms with E-state index in [0.717, 1.165) is 18.7 Å². The Bertz CT molecular complexity index is 348. The number of rotatable bonds is 3. The van der Waals surface area contributed by atoms with Crippen LogP contribution in [0.25, 0.3) is 0 Å². The van der Waals surface area contributed by atoms with E-state index in [-0.39, 0.29) is 5.56 Å². The highest BCUT2D eigenvalue weighted by atomic mass is 79.9. The molecule has 0 fully saturated rings. The predicted octanol–water partition coefficient (Wildman–Crippen LogP) is 1.36. The molecule has 0 aromatic carbocycles. The zero-order valence-corrected chi connectivity index (χ0v) is 9.26. The summed E-state index contributed by atoms with van der Waals surface area (Å²) in [6.45, 7) is 2.91. The first-order valence-electron chi connectivity index (χ1n) is 4.12. The van der Waals surface area contributed by atoms with Crippen LogP contribution < -0.4 is 10.9 Å². The standard InChI is InChI=1S/C8H12BrN3O/c1-3-4-10-6-5-11-12(2)8(13)7(6)9/h5,10H,3-4H2,1-2H3. The highest BCUT2D eigenvalue weighted by molar-refractivity contribution is 9.10. The maximum Gasteiger partial charge on any atom is 0.282 e. The molecule has 1 rings (SSSR count). The van der Waals surface area contributed by atoms with E-state index in [9.17, 15) is 4.79 Å². The maximum atomic E-state index is 11.4. The van der Waals surface area contributed by atoms with Gasteiger partial charge in [0.2, 0.25) is 0 Å². The van der Waals surface area contributed by atoms with Crippen molar-refractivity contribution in [3.05, 3.63) is 21.0 Å². The van der Waals surface area contributed by atoms with Crippen molar-refractivity contribution in [3.63, 3.8) is 0 Å². The summed E-state index contributed by atoms with van der Waals surface area (Å²) in [4.78, 5) is 11.4. The second kappa shape index (κ2) is 4.41. The molecular formula is C8H12BrN3O. The molecule has 72 valence electrons. The van der Waals surface area contributed by atoms with E-state index in [1.807, 2.05) is 0 Å². The van der Waals surface area contributed by atoms with Crippen LogP contribution in [0.15, 0.2) is 15.5 Å². The number of nitrogens with one attached hydrogen (secondary N) is 1. The quantitative estimate of drug-likeness (QED) is 0.876. The van der Waals surface area contributed by atoms with Gasteiger partial charge < -0.3 is 5.32 Å². The van der Waals surface area contributed by atoms with Crippen LogP contribution in [-0.4, -0.2) is 16.3 Å². The second-order valence-electron chi connectivity index (χ2n) is 2.73. The number of nitrogens with zero attached hydrogens (tertiary/aromatic N) is 2. The molecule has 1 N–H and O–H groups in total. The lowest BCUT2D eigenvalue weighted by Crippen LogP contribution is -2.21. The largest absolute Gasteiger partial charge is 0.383 e. The molecule has 1 heterocycles. The van der Waals surface area contributed by atoms with Crippen LogP contribution >= 0.6 is 15.9 Å². The SMILES string of the molecule is CCCNc1cnn(C)c(=O)c1Br. The normalized spacial score (nSPS) is 10.1. The van der Waals surface area contributed by atoms with Gasteiger partial charge in [-0.1, -0.05) is 6.92 Å². The molecule has 0 amide bonds. The summed E-state index contributed by atoms with van der Waals surface area (Å²) < 4.78 is 1.83. The average molecular weight is 246 g/mol. The van der Waals surface area contributed by atoms with Gasteiger partial charge in [-0.3, -0.25) is 4.79 Å². The minimum Gasteiger partial charge on any atom is -0.383 e. The van der Waals surface area contributed by atoms with Gasteiger partial charge in [-0.25, -0.2) is 4.68 Å². The molecule has 0 unspecified atom stereocenters. The van der Waals surface area contributed by atoms with Gasteiger partial charge in [0, 0.05) is 13.6 Å². The molecule has 5 heteroatoms. The van der Waals surface area contributed by atoms with Crippen LogP contribution in [0.2, 0.25) is 0 Å². The topological polar surface area (TPSA) is 46.9 Å². The Balaban J connectivity index is 2.97. The van der Waals surface area contributed by atoms with E-state index in [2.05, 4.69) is 33.3 Å². The summed E-state index contributed by atoms with van der Waals surface area (Å²) in [5.74, 6) is 0. The number of aromatic nitrogens is 2. The lowest BCUT2D eigenvalue weighted by atomic mass is 10.4. The Morgan fingerprint density at radius 2 is 2.38 bits per heavy atom. The number of halogens is 1. The Labute approximate surface area is 85.1 Å². The lowest BCUT2D eigenvalue weighted by Gasteiger charge is -2.06. The molecule has 0 aliphatic carbocycles. The van der Waals surface area contributed by atoms with Gasteiger partial charge in [-0.2, -0.15) is 5.10 Å². The molecule has 0 atom stereocenters. The molecule has 0 radical (unpaired) electrons. The van der Waals surface area contributed by atoms with Crippen LogP contribution in [0, 0.1) is 0 Å². The Morgan fingerprint density at radius 3 is 3.00 bits per heavy atom. The average Bonchev–Trinajstić information content (AvgIpc) is 2.13. The Hall–Kier alpha value is -0.840. The highest BCUT2D eigenvalue weighted by Crippen LogP contribution is 2.15. The van der Waals surface area contributed by atoms with Crippen LogP contribution in [0.4, 0.5) is 5.69 Å². The highest BCUT2D eigenvalue weighted by Gasteiger charge is 2.04. The molecular weight excluding hydrogens is 234 g/mol. The fourth-order valence-electron chi connectivity index (χ4n) is 0.894. The third-order valence-corrected chi connectivity index (χ3v) is 2.41. The van der Waals surface area contributed by atoms with Crippen molar-refractivity contribution >= 4 is 21.6 Å². The van der Waals surface area contributed by atoms with Gasteiger partial charge in [0.1, 0.15) is 4.47 Å². The predicted molar refractivity (Wildman–Crippen MR) is 56.0 cm³/mol. The van der Waals surface area contributed by atoms with Crippen molar-refractivity contribution in [1.82, 2.24) is 9.78 Å². The minimum atomic E-state index is -0.124. The summed E-state index contributed by atoms with van der Waals surface area (Å²) in [5, 5.41) is 7.01. The molecule has 1 aromatic heterocycles. The minimum absolute atomic E-state index is 0.124. The third-order valence-electron chi connectivity index (χ3n) is 1.64. The summed E-state index contributed by atoms with van der Waals surface area (Å²) in [7, 11) is 1.62. The Morgan fingerprint density at radius 1 is 1.69 bits per heavy atom. The monoisotopic (exact) mass is 245 g/mol. The molecule has 4 nitrogen and oxygen atoms in total. The van der Waals surface area contributed by atoms with Crippen molar-refractivity contribution in [2.45, 2.75) is 13.3 Å². The van der Waals surface area contributed by atoms with E-state index in [1.165, 1.54) is 4.68 Å². The molecule has 0 saturated carbocycles. The lowest BCUT2D eigenvalue weighted by molar-refractivity contribution is 0.703. The number of anilines is 1. The second-order valence-corrected chi connectivity index (χ2v) is 3.52. The first-order valence-corrected chi connectivity index (χ1v) is 4.91. The van der Waals surface area contributed by atoms with E-state index in [0.29, 0.717) is 4.47 Å². The summed E-state index contributed by atoms with van der Waals surface area (Å²) in [6.07, 6.45) is 2.66. The van der Waals surface area contributed by atoms with Crippen LogP contribution in [-0.2, 0) is 7.05 Å². The fraction of sp³-hybridized carbons (Fsp3) is 0.500. The van der Waals surface area contributed by atoms with Crippen LogP contribution in [0.1, 0.15) is 13.3 Å². The van der Waals surface area contributed by atoms with Crippen molar-refractivity contribution < 1.29 is 0 Å². The van der Waals surface area contributed by atoms with Gasteiger partial charge in [-0.05, 0) is 22.4 Å². The van der Waals surface area contributed by atoms with Gasteiger partial charge >= 0.3 is 0 Å². The summed E-state index contributed by atoms with van der Waals surface area (Å²) >= 11 is 3.23. The Kier molecular flexibility index (Phi) is 3.48. The van der Waals surface area contributed by atoms with E-state index < -0.39 is 0 Å². The van der Waals surface area contributed by atoms with Crippen LogP contribution in [0.5, 0.6) is 0 Å². The van der Waals surface area contributed by atoms with Crippen molar-refractivity contribution in [3.8, 4) is 0 Å². The molecule has 0 aliphatic rings. The zero-order valence-electron chi connectivity index (χ0n) is 7.67. The van der Waals surface area contributed by atoms with Crippen LogP contribution in [0.3, 0.4) is 0 Å². The first kappa shape index (κ1) is 10.2. The van der Waals surface area contributed by atoms with Gasteiger partial charge in [0.05, 0.1) is 11.9 Å². The van der Waals surface area contributed by atoms with Crippen molar-refractivity contribution in [2.24, 2.45) is 7.05 Å². The summed E-state index contributed by atoms with van der Waals surface area (Å²) in [5.41, 5.74) is 0.631. The van der Waals surface area contributed by atoms with Crippen molar-refractivity contribution in [1.29, 1.82) is 0 Å². The molecule has 0 saturated heterocycles. The number of hydrogen-bond donors (Lipinski definition) is 1. The molecule has 1 aromatic rings. The van der Waals surface area contributed by atoms with E-state index >= 15 is 0 Å². The van der Waals surface area contributed by atoms with Gasteiger partial charge in [-0.15, -0.1) is 0 Å². The maximum absolute atomic E-state index is 11.4. The van der Waals surface area contributed by atoms with Gasteiger partial charge in [0.15, 0.2) is 0 Å². The summed E-state index contributed by atoms with van der Waals surface area (Å²) in [6, 6.07) is 0. The van der Waals surface area contributed by atoms with Crippen molar-refractivity contribution in [2.75, 3.05) is 11.9 Å². The first-order chi connectivity index (χ1) is 6.16. The third kappa shape index (κ3) is 2.30. The van der Waals surface area contributed by atoms with Gasteiger partial charge in [0.25, 0.3) is 5.56 Å². The number of aryl methyl sites for hydroxylation is 1. The number of hydrogen-bond acceptors (Lipinski definition) is 3. The smallest absolute Gasteiger partial charge is 0.282 e. The zero-order chi connectivity index (χ0) is 9.84. The molecule has 0 aliphatic heterocycles.